The van der Waals surface area contributed by atoms with E-state index in [1.165, 1.54) is 48.6 Å². The molecule has 0 spiro atoms. The second-order valence-electron chi connectivity index (χ2n) is 12.4. The summed E-state index contributed by atoms with van der Waals surface area (Å²) in [6.45, 7) is 0. The van der Waals surface area contributed by atoms with Crippen LogP contribution < -0.4 is 9.47 Å². The number of ketones is 2. The fourth-order valence-electron chi connectivity index (χ4n) is 5.85. The largest absolute Gasteiger partial charge is 0.478 e. The van der Waals surface area contributed by atoms with Crippen molar-refractivity contribution in [2.75, 3.05) is 0 Å². The highest BCUT2D eigenvalue weighted by Crippen LogP contribution is 2.45. The minimum absolute atomic E-state index is 0.0373. The van der Waals surface area contributed by atoms with Crippen LogP contribution in [0.15, 0.2) is 146 Å². The van der Waals surface area contributed by atoms with Crippen molar-refractivity contribution in [3.05, 3.63) is 190 Å². The third-order valence-electron chi connectivity index (χ3n) is 8.67. The van der Waals surface area contributed by atoms with Gasteiger partial charge in [0.15, 0.2) is 23.1 Å². The van der Waals surface area contributed by atoms with Gasteiger partial charge < -0.3 is 29.9 Å². The molecule has 0 aliphatic carbocycles. The fraction of sp³-hybridized carbons (Fsp3) is 0. The molecule has 0 atom stereocenters. The van der Waals surface area contributed by atoms with E-state index in [9.17, 15) is 49.2 Å². The maximum Gasteiger partial charge on any atom is 0.340 e. The van der Waals surface area contributed by atoms with Gasteiger partial charge in [-0.25, -0.2) is 19.2 Å². The van der Waals surface area contributed by atoms with Gasteiger partial charge in [0.05, 0.1) is 11.1 Å². The third-order valence-corrected chi connectivity index (χ3v) is 8.67. The van der Waals surface area contributed by atoms with Gasteiger partial charge in [0.2, 0.25) is 0 Å². The van der Waals surface area contributed by atoms with Crippen LogP contribution in [0.25, 0.3) is 23.3 Å². The minimum Gasteiger partial charge on any atom is -0.478 e. The molecule has 58 heavy (non-hydrogen) atoms. The van der Waals surface area contributed by atoms with Crippen LogP contribution in [-0.2, 0) is 0 Å². The van der Waals surface area contributed by atoms with Crippen molar-refractivity contribution in [3.63, 3.8) is 0 Å². The second kappa shape index (κ2) is 17.4. The van der Waals surface area contributed by atoms with Crippen LogP contribution in [-0.4, -0.2) is 55.9 Å². The predicted molar refractivity (Wildman–Crippen MR) is 212 cm³/mol. The molecule has 0 aliphatic rings. The van der Waals surface area contributed by atoms with Crippen LogP contribution in [0, 0.1) is 0 Å². The molecule has 0 radical (unpaired) electrons. The SMILES string of the molecule is O=C(C=Cc1ccc(Oc2c(-c3ccc(C(=O)O)c(C(=O)O)c3Oc3ccc(C=CC(=O)c4ccccc4)cc3)ccc(C(=O)O)c2C(=O)O)cc1)c1ccccc1. The Bertz CT molecular complexity index is 2440. The van der Waals surface area contributed by atoms with Crippen molar-refractivity contribution in [1.82, 2.24) is 0 Å². The number of hydrogen-bond acceptors (Lipinski definition) is 8. The van der Waals surface area contributed by atoms with Gasteiger partial charge in [-0.1, -0.05) is 97.1 Å². The molecule has 0 fully saturated rings. The molecule has 12 nitrogen and oxygen atoms in total. The monoisotopic (exact) mass is 774 g/mol. The molecule has 0 bridgehead atoms. The van der Waals surface area contributed by atoms with Crippen molar-refractivity contribution in [2.45, 2.75) is 0 Å². The Kier molecular flexibility index (Phi) is 11.8. The van der Waals surface area contributed by atoms with E-state index >= 15 is 0 Å². The summed E-state index contributed by atoms with van der Waals surface area (Å²) in [6.07, 6.45) is 5.88. The van der Waals surface area contributed by atoms with Gasteiger partial charge in [0, 0.05) is 22.3 Å². The first-order valence-corrected chi connectivity index (χ1v) is 17.3. The number of carbonyl (C=O) groups is 6. The van der Waals surface area contributed by atoms with Crippen LogP contribution in [0.2, 0.25) is 0 Å². The molecule has 0 heterocycles. The van der Waals surface area contributed by atoms with E-state index < -0.39 is 57.6 Å². The number of ether oxygens (including phenoxy) is 2. The third kappa shape index (κ3) is 8.94. The molecule has 12 heteroatoms. The standard InChI is InChI=1S/C46H30O12/c47-37(29-7-3-1-4-8-29)25-15-27-11-17-31(18-12-27)57-41-33(21-23-35(43(49)50)39(41)45(53)54)34-22-24-36(44(51)52)40(46(55)56)42(34)58-32-19-13-28(14-20-32)16-26-38(48)30-9-5-2-6-10-30/h1-26H,(H,49,50)(H,51,52)(H,53,54)(H,55,56). The lowest BCUT2D eigenvalue weighted by Gasteiger charge is -2.20. The molecule has 0 saturated heterocycles. The van der Waals surface area contributed by atoms with Crippen molar-refractivity contribution in [1.29, 1.82) is 0 Å². The highest BCUT2D eigenvalue weighted by molar-refractivity contribution is 6.09. The zero-order valence-corrected chi connectivity index (χ0v) is 30.1. The fourth-order valence-corrected chi connectivity index (χ4v) is 5.85. The van der Waals surface area contributed by atoms with E-state index in [0.717, 1.165) is 12.1 Å². The van der Waals surface area contributed by atoms with E-state index in [0.29, 0.717) is 22.3 Å². The van der Waals surface area contributed by atoms with Crippen LogP contribution in [0.3, 0.4) is 0 Å². The van der Waals surface area contributed by atoms with Crippen LogP contribution >= 0.6 is 0 Å². The summed E-state index contributed by atoms with van der Waals surface area (Å²) in [5, 5.41) is 40.6. The minimum atomic E-state index is -1.69. The first-order valence-electron chi connectivity index (χ1n) is 17.3. The van der Waals surface area contributed by atoms with E-state index in [-0.39, 0.29) is 34.2 Å². The molecule has 286 valence electrons. The van der Waals surface area contributed by atoms with Gasteiger partial charge in [-0.15, -0.1) is 0 Å². The smallest absolute Gasteiger partial charge is 0.340 e. The van der Waals surface area contributed by atoms with E-state index in [2.05, 4.69) is 0 Å². The molecular formula is C46H30O12. The van der Waals surface area contributed by atoms with Crippen molar-refractivity contribution >= 4 is 47.6 Å². The van der Waals surface area contributed by atoms with Crippen molar-refractivity contribution in [2.24, 2.45) is 0 Å². The molecule has 0 aliphatic heterocycles. The molecule has 6 rings (SSSR count). The average molecular weight is 775 g/mol. The number of benzene rings is 6. The first-order chi connectivity index (χ1) is 27.9. The molecule has 0 amide bonds. The van der Waals surface area contributed by atoms with Crippen molar-refractivity contribution < 1.29 is 58.7 Å². The Morgan fingerprint density at radius 3 is 1.05 bits per heavy atom. The Morgan fingerprint density at radius 2 is 0.741 bits per heavy atom. The van der Waals surface area contributed by atoms with Gasteiger partial charge in [-0.3, -0.25) is 9.59 Å². The Labute approximate surface area is 329 Å². The average Bonchev–Trinajstić information content (AvgIpc) is 3.23. The zero-order valence-electron chi connectivity index (χ0n) is 30.1. The summed E-state index contributed by atoms with van der Waals surface area (Å²) in [5.41, 5.74) is -1.04. The number of carboxylic acids is 4. The van der Waals surface area contributed by atoms with E-state index in [1.807, 2.05) is 0 Å². The summed E-state index contributed by atoms with van der Waals surface area (Å²) in [6, 6.07) is 33.7. The highest BCUT2D eigenvalue weighted by atomic mass is 16.5. The summed E-state index contributed by atoms with van der Waals surface area (Å²) >= 11 is 0. The molecule has 0 unspecified atom stereocenters. The topological polar surface area (TPSA) is 202 Å². The van der Waals surface area contributed by atoms with Crippen LogP contribution in [0.1, 0.15) is 73.3 Å². The predicted octanol–water partition coefficient (Wildman–Crippen LogP) is 9.52. The molecular weight excluding hydrogens is 744 g/mol. The number of carboxylic acid groups (broad SMARTS) is 4. The highest BCUT2D eigenvalue weighted by Gasteiger charge is 2.31. The molecule has 6 aromatic rings. The van der Waals surface area contributed by atoms with Gasteiger partial charge in [0.25, 0.3) is 0 Å². The summed E-state index contributed by atoms with van der Waals surface area (Å²) in [5.74, 6) is -8.00. The summed E-state index contributed by atoms with van der Waals surface area (Å²) in [4.78, 5) is 75.1. The van der Waals surface area contributed by atoms with Gasteiger partial charge in [0.1, 0.15) is 22.6 Å². The quantitative estimate of drug-likeness (QED) is 0.0569. The molecule has 6 aromatic carbocycles. The number of hydrogen-bond donors (Lipinski definition) is 4. The van der Waals surface area contributed by atoms with E-state index in [4.69, 9.17) is 9.47 Å². The Morgan fingerprint density at radius 1 is 0.397 bits per heavy atom. The van der Waals surface area contributed by atoms with Crippen LogP contribution in [0.4, 0.5) is 0 Å². The normalized spacial score (nSPS) is 11.0. The zero-order chi connectivity index (χ0) is 41.3. The maximum absolute atomic E-state index is 12.7. The number of aromatic carboxylic acids is 4. The van der Waals surface area contributed by atoms with Gasteiger partial charge in [-0.2, -0.15) is 0 Å². The van der Waals surface area contributed by atoms with Crippen molar-refractivity contribution in [3.8, 4) is 34.1 Å². The lowest BCUT2D eigenvalue weighted by Crippen LogP contribution is -2.13. The van der Waals surface area contributed by atoms with Crippen LogP contribution in [0.5, 0.6) is 23.0 Å². The van der Waals surface area contributed by atoms with Gasteiger partial charge >= 0.3 is 23.9 Å². The molecule has 4 N–H and O–H groups in total. The number of rotatable bonds is 15. The first kappa shape index (κ1) is 39.3. The maximum atomic E-state index is 12.7. The van der Waals surface area contributed by atoms with Gasteiger partial charge in [-0.05, 0) is 71.8 Å². The summed E-state index contributed by atoms with van der Waals surface area (Å²) in [7, 11) is 0. The second-order valence-corrected chi connectivity index (χ2v) is 12.4. The number of allylic oxidation sites excluding steroid dienone is 2. The lowest BCUT2D eigenvalue weighted by molar-refractivity contribution is 0.0648. The number of carbonyl (C=O) groups excluding carboxylic acids is 2. The molecule has 0 saturated carbocycles. The Balaban J connectivity index is 1.41. The Hall–Kier alpha value is -8.38. The molecule has 0 aromatic heterocycles. The lowest BCUT2D eigenvalue weighted by atomic mass is 9.93. The van der Waals surface area contributed by atoms with E-state index in [1.54, 1.807) is 97.1 Å². The summed E-state index contributed by atoms with van der Waals surface area (Å²) < 4.78 is 12.2.